The van der Waals surface area contributed by atoms with Gasteiger partial charge in [0, 0.05) is 41.2 Å². The van der Waals surface area contributed by atoms with Gasteiger partial charge in [0.15, 0.2) is 0 Å². The molecule has 0 atom stereocenters. The SMILES string of the molecule is c1ccc2c(c1)Cc1c-2ccc2c1nc1c3ccncc3c3cccnc3n21. The van der Waals surface area contributed by atoms with Crippen LogP contribution >= 0.6 is 0 Å². The molecule has 4 heterocycles. The first-order chi connectivity index (χ1) is 13.9. The fourth-order valence-electron chi connectivity index (χ4n) is 4.74. The Hall–Kier alpha value is -3.79. The number of benzene rings is 2. The molecule has 0 N–H and O–H groups in total. The molecule has 0 bridgehead atoms. The molecule has 7 rings (SSSR count). The number of imidazole rings is 1. The summed E-state index contributed by atoms with van der Waals surface area (Å²) in [7, 11) is 0. The first-order valence-electron chi connectivity index (χ1n) is 9.43. The average molecular weight is 358 g/mol. The molecule has 28 heavy (non-hydrogen) atoms. The maximum absolute atomic E-state index is 5.14. The van der Waals surface area contributed by atoms with Crippen molar-refractivity contribution in [2.45, 2.75) is 6.42 Å². The van der Waals surface area contributed by atoms with Crippen molar-refractivity contribution < 1.29 is 0 Å². The normalized spacial score (nSPS) is 12.9. The molecule has 0 radical (unpaired) electrons. The van der Waals surface area contributed by atoms with Gasteiger partial charge >= 0.3 is 0 Å². The van der Waals surface area contributed by atoms with Crippen molar-refractivity contribution in [2.24, 2.45) is 0 Å². The van der Waals surface area contributed by atoms with Gasteiger partial charge in [-0.2, -0.15) is 0 Å². The predicted octanol–water partition coefficient (Wildman–Crippen LogP) is 5.16. The molecule has 130 valence electrons. The highest BCUT2D eigenvalue weighted by Crippen LogP contribution is 2.41. The molecular formula is C24H14N4. The maximum Gasteiger partial charge on any atom is 0.147 e. The molecule has 0 saturated carbocycles. The van der Waals surface area contributed by atoms with E-state index in [0.717, 1.165) is 44.9 Å². The van der Waals surface area contributed by atoms with Gasteiger partial charge in [0.25, 0.3) is 0 Å². The fraction of sp³-hybridized carbons (Fsp3) is 0.0417. The Bertz CT molecular complexity index is 1590. The van der Waals surface area contributed by atoms with Crippen molar-refractivity contribution >= 4 is 38.5 Å². The van der Waals surface area contributed by atoms with Crippen LogP contribution < -0.4 is 0 Å². The zero-order valence-corrected chi connectivity index (χ0v) is 14.9. The van der Waals surface area contributed by atoms with Gasteiger partial charge < -0.3 is 0 Å². The number of hydrogen-bond acceptors (Lipinski definition) is 3. The number of aromatic nitrogens is 4. The van der Waals surface area contributed by atoms with Crippen LogP contribution in [0.2, 0.25) is 0 Å². The molecular weight excluding hydrogens is 344 g/mol. The summed E-state index contributed by atoms with van der Waals surface area (Å²) in [4.78, 5) is 14.2. The Morgan fingerprint density at radius 1 is 0.750 bits per heavy atom. The lowest BCUT2D eigenvalue weighted by Gasteiger charge is -2.07. The molecule has 0 unspecified atom stereocenters. The van der Waals surface area contributed by atoms with Gasteiger partial charge in [0.05, 0.1) is 11.0 Å². The maximum atomic E-state index is 5.14. The Morgan fingerprint density at radius 3 is 2.68 bits per heavy atom. The van der Waals surface area contributed by atoms with Crippen molar-refractivity contribution in [3.05, 3.63) is 84.3 Å². The van der Waals surface area contributed by atoms with Crippen molar-refractivity contribution in [3.8, 4) is 11.1 Å². The van der Waals surface area contributed by atoms with Crippen molar-refractivity contribution in [1.29, 1.82) is 0 Å². The molecule has 0 aliphatic heterocycles. The molecule has 0 amide bonds. The second kappa shape index (κ2) is 4.93. The number of fused-ring (bicyclic) bond motifs is 12. The van der Waals surface area contributed by atoms with Crippen molar-refractivity contribution in [2.75, 3.05) is 0 Å². The van der Waals surface area contributed by atoms with Crippen LogP contribution in [-0.2, 0) is 6.42 Å². The first-order valence-corrected chi connectivity index (χ1v) is 9.43. The predicted molar refractivity (Wildman–Crippen MR) is 112 cm³/mol. The highest BCUT2D eigenvalue weighted by molar-refractivity contribution is 6.13. The lowest BCUT2D eigenvalue weighted by Crippen LogP contribution is -1.94. The van der Waals surface area contributed by atoms with E-state index in [1.165, 1.54) is 22.3 Å². The van der Waals surface area contributed by atoms with E-state index in [2.05, 4.69) is 57.9 Å². The van der Waals surface area contributed by atoms with Crippen LogP contribution in [0.25, 0.3) is 49.6 Å². The van der Waals surface area contributed by atoms with E-state index in [0.29, 0.717) is 0 Å². The van der Waals surface area contributed by atoms with Crippen LogP contribution in [-0.4, -0.2) is 19.4 Å². The lowest BCUT2D eigenvalue weighted by atomic mass is 10.1. The third kappa shape index (κ3) is 1.63. The van der Waals surface area contributed by atoms with E-state index < -0.39 is 0 Å². The molecule has 1 aliphatic carbocycles. The van der Waals surface area contributed by atoms with E-state index >= 15 is 0 Å². The molecule has 0 fully saturated rings. The van der Waals surface area contributed by atoms with Gasteiger partial charge in [-0.05, 0) is 46.5 Å². The van der Waals surface area contributed by atoms with Gasteiger partial charge in [-0.1, -0.05) is 30.3 Å². The molecule has 0 saturated heterocycles. The molecule has 1 aliphatic rings. The number of nitrogens with zero attached hydrogens (tertiary/aromatic N) is 4. The largest absolute Gasteiger partial charge is 0.276 e. The highest BCUT2D eigenvalue weighted by atomic mass is 15.1. The second-order valence-corrected chi connectivity index (χ2v) is 7.36. The van der Waals surface area contributed by atoms with E-state index in [1.807, 2.05) is 24.7 Å². The lowest BCUT2D eigenvalue weighted by molar-refractivity contribution is 1.23. The Balaban J connectivity index is 1.72. The van der Waals surface area contributed by atoms with Crippen molar-refractivity contribution in [3.63, 3.8) is 0 Å². The summed E-state index contributed by atoms with van der Waals surface area (Å²) in [5.74, 6) is 0. The van der Waals surface area contributed by atoms with Crippen LogP contribution in [0.1, 0.15) is 11.1 Å². The second-order valence-electron chi connectivity index (χ2n) is 7.36. The average Bonchev–Trinajstić information content (AvgIpc) is 3.33. The minimum atomic E-state index is 0.927. The minimum Gasteiger partial charge on any atom is -0.276 e. The van der Waals surface area contributed by atoms with Crippen molar-refractivity contribution in [1.82, 2.24) is 19.4 Å². The summed E-state index contributed by atoms with van der Waals surface area (Å²) >= 11 is 0. The fourth-order valence-corrected chi connectivity index (χ4v) is 4.74. The first kappa shape index (κ1) is 14.3. The minimum absolute atomic E-state index is 0.927. The van der Waals surface area contributed by atoms with Crippen LogP contribution in [0.4, 0.5) is 0 Å². The Kier molecular flexibility index (Phi) is 2.51. The van der Waals surface area contributed by atoms with Gasteiger partial charge in [-0.3, -0.25) is 9.38 Å². The monoisotopic (exact) mass is 358 g/mol. The number of hydrogen-bond donors (Lipinski definition) is 0. The highest BCUT2D eigenvalue weighted by Gasteiger charge is 2.23. The molecule has 4 nitrogen and oxygen atoms in total. The zero-order valence-electron chi connectivity index (χ0n) is 14.9. The number of pyridine rings is 3. The summed E-state index contributed by atoms with van der Waals surface area (Å²) in [5, 5.41) is 3.30. The summed E-state index contributed by atoms with van der Waals surface area (Å²) in [6.45, 7) is 0. The standard InChI is InChI=1S/C24H14N4/c1-2-5-15-14(4-1)12-19-16(15)7-8-21-22(19)27-24-18-9-11-25-13-20(18)17-6-3-10-26-23(17)28(21)24/h1-11,13H,12H2. The molecule has 4 aromatic heterocycles. The van der Waals surface area contributed by atoms with Gasteiger partial charge in [-0.25, -0.2) is 9.97 Å². The zero-order chi connectivity index (χ0) is 18.2. The van der Waals surface area contributed by atoms with Crippen LogP contribution in [0, 0.1) is 0 Å². The molecule has 0 spiro atoms. The van der Waals surface area contributed by atoms with E-state index in [-0.39, 0.29) is 0 Å². The van der Waals surface area contributed by atoms with E-state index in [4.69, 9.17) is 9.97 Å². The molecule has 6 aromatic rings. The van der Waals surface area contributed by atoms with Crippen LogP contribution in [0.15, 0.2) is 73.2 Å². The van der Waals surface area contributed by atoms with E-state index in [9.17, 15) is 0 Å². The number of rotatable bonds is 0. The third-order valence-electron chi connectivity index (χ3n) is 5.96. The summed E-state index contributed by atoms with van der Waals surface area (Å²) < 4.78 is 2.20. The quantitative estimate of drug-likeness (QED) is 0.352. The van der Waals surface area contributed by atoms with Crippen LogP contribution in [0.5, 0.6) is 0 Å². The third-order valence-corrected chi connectivity index (χ3v) is 5.96. The van der Waals surface area contributed by atoms with E-state index in [1.54, 1.807) is 0 Å². The van der Waals surface area contributed by atoms with Gasteiger partial charge in [0.1, 0.15) is 11.3 Å². The summed E-state index contributed by atoms with van der Waals surface area (Å²) in [6.07, 6.45) is 6.53. The van der Waals surface area contributed by atoms with Gasteiger partial charge in [0.2, 0.25) is 0 Å². The summed E-state index contributed by atoms with van der Waals surface area (Å²) in [5.41, 5.74) is 9.38. The Morgan fingerprint density at radius 2 is 1.68 bits per heavy atom. The smallest absolute Gasteiger partial charge is 0.147 e. The topological polar surface area (TPSA) is 43.1 Å². The molecule has 2 aromatic carbocycles. The van der Waals surface area contributed by atoms with Gasteiger partial charge in [-0.15, -0.1) is 0 Å². The van der Waals surface area contributed by atoms with Crippen LogP contribution in [0.3, 0.4) is 0 Å². The summed E-state index contributed by atoms with van der Waals surface area (Å²) in [6, 6.07) is 19.2. The molecule has 4 heteroatoms. The Labute approximate surface area is 160 Å².